The van der Waals surface area contributed by atoms with Crippen molar-refractivity contribution >= 4 is 17.7 Å². The molecule has 1 aromatic carbocycles. The number of carboxylic acids is 1. The Kier molecular flexibility index (Phi) is 7.49. The van der Waals surface area contributed by atoms with Gasteiger partial charge in [0.25, 0.3) is 0 Å². The van der Waals surface area contributed by atoms with Crippen molar-refractivity contribution in [3.8, 4) is 6.07 Å². The number of nitrogens with zero attached hydrogens (tertiary/aromatic N) is 2. The molecule has 4 nitrogen and oxygen atoms in total. The number of aliphatic carboxylic acids is 1. The Morgan fingerprint density at radius 3 is 2.27 bits per heavy atom. The molecule has 116 valence electrons. The van der Waals surface area contributed by atoms with Gasteiger partial charge in [0.05, 0.1) is 0 Å². The zero-order valence-corrected chi connectivity index (χ0v) is 13.1. The first-order valence-corrected chi connectivity index (χ1v) is 7.49. The minimum Gasteiger partial charge on any atom is -0.477 e. The highest BCUT2D eigenvalue weighted by atomic mass is 16.4. The van der Waals surface area contributed by atoms with Gasteiger partial charge in [-0.25, -0.2) is 4.79 Å². The first-order valence-electron chi connectivity index (χ1n) is 7.49. The fraction of sp³-hybridized carbons (Fsp3) is 0.333. The number of benzene rings is 1. The van der Waals surface area contributed by atoms with Crippen LogP contribution < -0.4 is 4.90 Å². The molecule has 0 atom stereocenters. The maximum atomic E-state index is 10.7. The molecule has 0 aliphatic heterocycles. The summed E-state index contributed by atoms with van der Waals surface area (Å²) in [6, 6.07) is 9.76. The summed E-state index contributed by atoms with van der Waals surface area (Å²) >= 11 is 0. The van der Waals surface area contributed by atoms with Gasteiger partial charge < -0.3 is 10.0 Å². The van der Waals surface area contributed by atoms with Crippen molar-refractivity contribution in [2.45, 2.75) is 26.7 Å². The molecule has 0 spiro atoms. The Balaban J connectivity index is 2.80. The normalized spacial score (nSPS) is 11.4. The third-order valence-corrected chi connectivity index (χ3v) is 3.15. The standard InChI is InChI=1S/C18H22N2O2/c1-3-12-20(13-4-2)17-10-8-15(9-11-17)6-5-7-16(14-19)18(21)22/h5-11H,3-4,12-13H2,1-2H3,(H,21,22)/b6-5+,16-7+. The van der Waals surface area contributed by atoms with Crippen LogP contribution in [0.5, 0.6) is 0 Å². The smallest absolute Gasteiger partial charge is 0.346 e. The van der Waals surface area contributed by atoms with Crippen LogP contribution in [0.25, 0.3) is 6.08 Å². The Bertz CT molecular complexity index is 574. The van der Waals surface area contributed by atoms with Gasteiger partial charge >= 0.3 is 5.97 Å². The number of nitriles is 1. The molecule has 0 saturated carbocycles. The molecular formula is C18H22N2O2. The van der Waals surface area contributed by atoms with Crippen LogP contribution in [-0.2, 0) is 4.79 Å². The van der Waals surface area contributed by atoms with Crippen molar-refractivity contribution < 1.29 is 9.90 Å². The molecular weight excluding hydrogens is 276 g/mol. The quantitative estimate of drug-likeness (QED) is 0.449. The largest absolute Gasteiger partial charge is 0.477 e. The van der Waals surface area contributed by atoms with Gasteiger partial charge in [0.15, 0.2) is 0 Å². The average Bonchev–Trinajstić information content (AvgIpc) is 2.51. The summed E-state index contributed by atoms with van der Waals surface area (Å²) < 4.78 is 0. The van der Waals surface area contributed by atoms with E-state index in [0.717, 1.165) is 31.5 Å². The lowest BCUT2D eigenvalue weighted by molar-refractivity contribution is -0.132. The van der Waals surface area contributed by atoms with Gasteiger partial charge in [-0.3, -0.25) is 0 Å². The molecule has 0 radical (unpaired) electrons. The second-order valence-electron chi connectivity index (χ2n) is 4.93. The fourth-order valence-corrected chi connectivity index (χ4v) is 2.12. The number of allylic oxidation sites excluding steroid dienone is 2. The molecule has 0 amide bonds. The molecule has 0 heterocycles. The van der Waals surface area contributed by atoms with Crippen molar-refractivity contribution in [3.05, 3.63) is 47.6 Å². The number of hydrogen-bond acceptors (Lipinski definition) is 3. The van der Waals surface area contributed by atoms with Crippen LogP contribution in [0.4, 0.5) is 5.69 Å². The second-order valence-corrected chi connectivity index (χ2v) is 4.93. The van der Waals surface area contributed by atoms with Crippen LogP contribution in [0.2, 0.25) is 0 Å². The first-order chi connectivity index (χ1) is 10.6. The van der Waals surface area contributed by atoms with E-state index in [4.69, 9.17) is 10.4 Å². The zero-order chi connectivity index (χ0) is 16.4. The maximum absolute atomic E-state index is 10.7. The third kappa shape index (κ3) is 5.45. The molecule has 1 rings (SSSR count). The van der Waals surface area contributed by atoms with Gasteiger partial charge in [-0.2, -0.15) is 5.26 Å². The average molecular weight is 298 g/mol. The molecule has 1 aromatic rings. The number of carbonyl (C=O) groups is 1. The van der Waals surface area contributed by atoms with E-state index in [1.807, 2.05) is 12.1 Å². The van der Waals surface area contributed by atoms with Gasteiger partial charge in [0.1, 0.15) is 11.6 Å². The van der Waals surface area contributed by atoms with Crippen molar-refractivity contribution in [2.24, 2.45) is 0 Å². The van der Waals surface area contributed by atoms with Gasteiger partial charge in [-0.1, -0.05) is 38.1 Å². The van der Waals surface area contributed by atoms with Crippen LogP contribution in [0.1, 0.15) is 32.3 Å². The van der Waals surface area contributed by atoms with E-state index in [9.17, 15) is 4.79 Å². The maximum Gasteiger partial charge on any atom is 0.346 e. The van der Waals surface area contributed by atoms with Crippen molar-refractivity contribution in [3.63, 3.8) is 0 Å². The second kappa shape index (κ2) is 9.41. The van der Waals surface area contributed by atoms with E-state index in [-0.39, 0.29) is 5.57 Å². The predicted octanol–water partition coefficient (Wildman–Crippen LogP) is 3.86. The van der Waals surface area contributed by atoms with Crippen molar-refractivity contribution in [1.82, 2.24) is 0 Å². The monoisotopic (exact) mass is 298 g/mol. The number of carboxylic acid groups (broad SMARTS) is 1. The molecule has 0 saturated heterocycles. The van der Waals surface area contributed by atoms with Crippen LogP contribution in [0, 0.1) is 11.3 Å². The summed E-state index contributed by atoms with van der Waals surface area (Å²) in [7, 11) is 0. The summed E-state index contributed by atoms with van der Waals surface area (Å²) in [5.74, 6) is -1.21. The van der Waals surface area contributed by atoms with Gasteiger partial charge in [0.2, 0.25) is 0 Å². The van der Waals surface area contributed by atoms with Crippen LogP contribution >= 0.6 is 0 Å². The van der Waals surface area contributed by atoms with E-state index in [2.05, 4.69) is 30.9 Å². The van der Waals surface area contributed by atoms with E-state index >= 15 is 0 Å². The van der Waals surface area contributed by atoms with Crippen LogP contribution in [0.15, 0.2) is 42.0 Å². The molecule has 1 N–H and O–H groups in total. The molecule has 0 fully saturated rings. The Hall–Kier alpha value is -2.54. The Labute approximate surface area is 132 Å². The van der Waals surface area contributed by atoms with E-state index in [0.29, 0.717) is 0 Å². The molecule has 0 aliphatic carbocycles. The summed E-state index contributed by atoms with van der Waals surface area (Å²) in [6.07, 6.45) is 6.89. The first kappa shape index (κ1) is 17.5. The Morgan fingerprint density at radius 1 is 1.23 bits per heavy atom. The predicted molar refractivity (Wildman–Crippen MR) is 89.6 cm³/mol. The Morgan fingerprint density at radius 2 is 1.82 bits per heavy atom. The highest BCUT2D eigenvalue weighted by Crippen LogP contribution is 2.17. The van der Waals surface area contributed by atoms with E-state index in [1.165, 1.54) is 11.8 Å². The lowest BCUT2D eigenvalue weighted by Gasteiger charge is -2.23. The number of rotatable bonds is 8. The highest BCUT2D eigenvalue weighted by molar-refractivity contribution is 5.91. The number of hydrogen-bond donors (Lipinski definition) is 1. The highest BCUT2D eigenvalue weighted by Gasteiger charge is 2.04. The molecule has 0 aliphatic rings. The minimum absolute atomic E-state index is 0.273. The minimum atomic E-state index is -1.21. The fourth-order valence-electron chi connectivity index (χ4n) is 2.12. The lowest BCUT2D eigenvalue weighted by Crippen LogP contribution is -2.24. The van der Waals surface area contributed by atoms with Gasteiger partial charge in [0, 0.05) is 18.8 Å². The molecule has 4 heteroatoms. The van der Waals surface area contributed by atoms with Gasteiger partial charge in [-0.15, -0.1) is 0 Å². The third-order valence-electron chi connectivity index (χ3n) is 3.15. The summed E-state index contributed by atoms with van der Waals surface area (Å²) in [6.45, 7) is 6.41. The molecule has 22 heavy (non-hydrogen) atoms. The molecule has 0 aromatic heterocycles. The summed E-state index contributed by atoms with van der Waals surface area (Å²) in [5.41, 5.74) is 1.89. The van der Waals surface area contributed by atoms with Gasteiger partial charge in [-0.05, 0) is 36.6 Å². The number of anilines is 1. The SMILES string of the molecule is CCCN(CCC)c1ccc(/C=C/C=C(\C#N)C(=O)O)cc1. The summed E-state index contributed by atoms with van der Waals surface area (Å²) in [5, 5.41) is 17.4. The molecule has 0 unspecified atom stereocenters. The van der Waals surface area contributed by atoms with Crippen LogP contribution in [-0.4, -0.2) is 24.2 Å². The van der Waals surface area contributed by atoms with Crippen molar-refractivity contribution in [2.75, 3.05) is 18.0 Å². The molecule has 0 bridgehead atoms. The summed E-state index contributed by atoms with van der Waals surface area (Å²) in [4.78, 5) is 13.0. The van der Waals surface area contributed by atoms with E-state index in [1.54, 1.807) is 18.2 Å². The zero-order valence-electron chi connectivity index (χ0n) is 13.1. The van der Waals surface area contributed by atoms with Crippen LogP contribution in [0.3, 0.4) is 0 Å². The lowest BCUT2D eigenvalue weighted by atomic mass is 10.1. The topological polar surface area (TPSA) is 64.3 Å². The van der Waals surface area contributed by atoms with E-state index < -0.39 is 5.97 Å². The van der Waals surface area contributed by atoms with Crippen molar-refractivity contribution in [1.29, 1.82) is 5.26 Å².